The number of anilines is 2. The van der Waals surface area contributed by atoms with Crippen LogP contribution < -0.4 is 19.1 Å². The first-order chi connectivity index (χ1) is 15.2. The summed E-state index contributed by atoms with van der Waals surface area (Å²) in [6, 6.07) is 18.5. The number of carbonyl (C=O) groups is 1. The van der Waals surface area contributed by atoms with Crippen molar-refractivity contribution in [3.63, 3.8) is 0 Å². The molecule has 168 valence electrons. The van der Waals surface area contributed by atoms with Crippen LogP contribution in [0.5, 0.6) is 11.5 Å². The topological polar surface area (TPSA) is 84.9 Å². The molecule has 1 N–H and O–H groups in total. The molecule has 0 aliphatic carbocycles. The number of ether oxygens (including phenoxy) is 2. The third-order valence-corrected chi connectivity index (χ3v) is 6.69. The van der Waals surface area contributed by atoms with E-state index >= 15 is 0 Å². The largest absolute Gasteiger partial charge is 0.497 e. The molecule has 0 radical (unpaired) electrons. The number of sulfonamides is 1. The predicted octanol–water partition coefficient (Wildman–Crippen LogP) is 4.15. The summed E-state index contributed by atoms with van der Waals surface area (Å²) in [5.74, 6) is 0.444. The van der Waals surface area contributed by atoms with Crippen molar-refractivity contribution in [2.45, 2.75) is 18.7 Å². The monoisotopic (exact) mass is 454 g/mol. The first kappa shape index (κ1) is 23.1. The fourth-order valence-electron chi connectivity index (χ4n) is 3.10. The van der Waals surface area contributed by atoms with E-state index in [-0.39, 0.29) is 4.90 Å². The van der Waals surface area contributed by atoms with Crippen molar-refractivity contribution in [1.82, 2.24) is 0 Å². The highest BCUT2D eigenvalue weighted by Gasteiger charge is 2.27. The van der Waals surface area contributed by atoms with Crippen molar-refractivity contribution < 1.29 is 22.7 Å². The summed E-state index contributed by atoms with van der Waals surface area (Å²) in [7, 11) is -0.984. The minimum atomic E-state index is -3.98. The van der Waals surface area contributed by atoms with Gasteiger partial charge in [-0.1, -0.05) is 35.4 Å². The molecule has 0 spiro atoms. The maximum Gasteiger partial charge on any atom is 0.264 e. The van der Waals surface area contributed by atoms with Crippen molar-refractivity contribution in [3.05, 3.63) is 77.9 Å². The number of hydrogen-bond acceptors (Lipinski definition) is 5. The van der Waals surface area contributed by atoms with Crippen molar-refractivity contribution in [2.75, 3.05) is 30.4 Å². The normalized spacial score (nSPS) is 11.0. The molecule has 7 nitrogen and oxygen atoms in total. The van der Waals surface area contributed by atoms with Crippen molar-refractivity contribution >= 4 is 27.3 Å². The highest BCUT2D eigenvalue weighted by Crippen LogP contribution is 2.29. The molecular formula is C24H26N2O5S. The maximum atomic E-state index is 13.4. The number of nitrogens with one attached hydrogen (secondary N) is 1. The minimum Gasteiger partial charge on any atom is -0.497 e. The summed E-state index contributed by atoms with van der Waals surface area (Å²) < 4.78 is 38.5. The molecule has 0 saturated heterocycles. The molecule has 3 aromatic carbocycles. The number of methoxy groups -OCH3 is 2. The average Bonchev–Trinajstić information content (AvgIpc) is 2.78. The molecule has 0 fully saturated rings. The Bertz CT molecular complexity index is 1190. The number of amides is 1. The van der Waals surface area contributed by atoms with Crippen LogP contribution in [0.2, 0.25) is 0 Å². The summed E-state index contributed by atoms with van der Waals surface area (Å²) in [5.41, 5.74) is 2.69. The van der Waals surface area contributed by atoms with E-state index in [0.29, 0.717) is 22.9 Å². The SMILES string of the molecule is COc1ccc(OC)c(NC(=O)CN(c2ccc(C)cc2)S(=O)(=O)c2ccc(C)cc2)c1. The first-order valence-corrected chi connectivity index (χ1v) is 11.4. The second-order valence-electron chi connectivity index (χ2n) is 7.27. The van der Waals surface area contributed by atoms with E-state index in [0.717, 1.165) is 15.4 Å². The van der Waals surface area contributed by atoms with Gasteiger partial charge in [-0.05, 0) is 50.2 Å². The van der Waals surface area contributed by atoms with Gasteiger partial charge in [-0.15, -0.1) is 0 Å². The predicted molar refractivity (Wildman–Crippen MR) is 125 cm³/mol. The van der Waals surface area contributed by atoms with Gasteiger partial charge < -0.3 is 14.8 Å². The van der Waals surface area contributed by atoms with Gasteiger partial charge in [-0.2, -0.15) is 0 Å². The summed E-state index contributed by atoms with van der Waals surface area (Å²) in [6.07, 6.45) is 0. The van der Waals surface area contributed by atoms with Crippen LogP contribution in [-0.4, -0.2) is 35.1 Å². The van der Waals surface area contributed by atoms with E-state index in [1.54, 1.807) is 54.6 Å². The quantitative estimate of drug-likeness (QED) is 0.553. The molecule has 8 heteroatoms. The standard InChI is InChI=1S/C24H26N2O5S/c1-17-5-9-19(10-6-17)26(32(28,29)21-12-7-18(2)8-13-21)16-24(27)25-22-15-20(30-3)11-14-23(22)31-4/h5-15H,16H2,1-4H3,(H,25,27). The summed E-state index contributed by atoms with van der Waals surface area (Å²) in [6.45, 7) is 3.37. The van der Waals surface area contributed by atoms with Gasteiger partial charge in [0.05, 0.1) is 30.5 Å². The molecule has 0 aliphatic heterocycles. The second kappa shape index (κ2) is 9.74. The fourth-order valence-corrected chi connectivity index (χ4v) is 4.52. The van der Waals surface area contributed by atoms with Crippen molar-refractivity contribution in [1.29, 1.82) is 0 Å². The zero-order valence-corrected chi connectivity index (χ0v) is 19.3. The molecule has 3 aromatic rings. The maximum absolute atomic E-state index is 13.4. The van der Waals surface area contributed by atoms with Gasteiger partial charge in [0.2, 0.25) is 5.91 Å². The van der Waals surface area contributed by atoms with Gasteiger partial charge in [-0.25, -0.2) is 8.42 Å². The number of rotatable bonds is 8. The molecule has 0 heterocycles. The molecule has 0 bridgehead atoms. The van der Waals surface area contributed by atoms with E-state index in [1.165, 1.54) is 26.4 Å². The van der Waals surface area contributed by atoms with E-state index < -0.39 is 22.5 Å². The van der Waals surface area contributed by atoms with Crippen molar-refractivity contribution in [2.24, 2.45) is 0 Å². The van der Waals surface area contributed by atoms with E-state index in [9.17, 15) is 13.2 Å². The van der Waals surface area contributed by atoms with E-state index in [4.69, 9.17) is 9.47 Å². The second-order valence-corrected chi connectivity index (χ2v) is 9.14. The first-order valence-electron chi connectivity index (χ1n) is 9.92. The summed E-state index contributed by atoms with van der Waals surface area (Å²) in [4.78, 5) is 13.1. The molecule has 0 aliphatic rings. The van der Waals surface area contributed by atoms with Crippen LogP contribution in [0.3, 0.4) is 0 Å². The zero-order chi connectivity index (χ0) is 23.3. The lowest BCUT2D eigenvalue weighted by Gasteiger charge is -2.24. The Morgan fingerprint density at radius 1 is 0.875 bits per heavy atom. The number of nitrogens with zero attached hydrogens (tertiary/aromatic N) is 1. The van der Waals surface area contributed by atoms with E-state index in [2.05, 4.69) is 5.32 Å². The van der Waals surface area contributed by atoms with Gasteiger partial charge in [0.25, 0.3) is 10.0 Å². The fraction of sp³-hybridized carbons (Fsp3) is 0.208. The van der Waals surface area contributed by atoms with E-state index in [1.807, 2.05) is 13.8 Å². The van der Waals surface area contributed by atoms with Gasteiger partial charge >= 0.3 is 0 Å². The van der Waals surface area contributed by atoms with Gasteiger partial charge in [0.15, 0.2) is 0 Å². The Labute approximate surface area is 188 Å². The molecule has 32 heavy (non-hydrogen) atoms. The number of aryl methyl sites for hydroxylation is 2. The average molecular weight is 455 g/mol. The van der Waals surface area contributed by atoms with Gasteiger partial charge in [0, 0.05) is 6.07 Å². The van der Waals surface area contributed by atoms with Crippen LogP contribution in [0.1, 0.15) is 11.1 Å². The van der Waals surface area contributed by atoms with Crippen LogP contribution >= 0.6 is 0 Å². The highest BCUT2D eigenvalue weighted by molar-refractivity contribution is 7.92. The molecular weight excluding hydrogens is 428 g/mol. The minimum absolute atomic E-state index is 0.107. The Balaban J connectivity index is 1.95. The van der Waals surface area contributed by atoms with Gasteiger partial charge in [0.1, 0.15) is 18.0 Å². The van der Waals surface area contributed by atoms with Crippen LogP contribution in [0.4, 0.5) is 11.4 Å². The summed E-state index contributed by atoms with van der Waals surface area (Å²) in [5, 5.41) is 2.73. The molecule has 0 saturated carbocycles. The van der Waals surface area contributed by atoms with Crippen LogP contribution in [-0.2, 0) is 14.8 Å². The third kappa shape index (κ3) is 5.20. The molecule has 1 amide bonds. The lowest BCUT2D eigenvalue weighted by molar-refractivity contribution is -0.114. The van der Waals surface area contributed by atoms with Crippen LogP contribution in [0, 0.1) is 13.8 Å². The Kier molecular flexibility index (Phi) is 7.05. The Morgan fingerprint density at radius 3 is 2.03 bits per heavy atom. The lowest BCUT2D eigenvalue weighted by Crippen LogP contribution is -2.38. The molecule has 0 aromatic heterocycles. The van der Waals surface area contributed by atoms with Crippen molar-refractivity contribution in [3.8, 4) is 11.5 Å². The third-order valence-electron chi connectivity index (χ3n) is 4.90. The van der Waals surface area contributed by atoms with Gasteiger partial charge in [-0.3, -0.25) is 9.10 Å². The van der Waals surface area contributed by atoms with Crippen LogP contribution in [0.15, 0.2) is 71.6 Å². The molecule has 3 rings (SSSR count). The molecule has 0 atom stereocenters. The number of hydrogen-bond donors (Lipinski definition) is 1. The molecule has 0 unspecified atom stereocenters. The number of benzene rings is 3. The number of carbonyl (C=O) groups excluding carboxylic acids is 1. The Hall–Kier alpha value is -3.52. The zero-order valence-electron chi connectivity index (χ0n) is 18.5. The van der Waals surface area contributed by atoms with Crippen LogP contribution in [0.25, 0.3) is 0 Å². The Morgan fingerprint density at radius 2 is 1.47 bits per heavy atom. The smallest absolute Gasteiger partial charge is 0.264 e. The summed E-state index contributed by atoms with van der Waals surface area (Å²) >= 11 is 0. The highest BCUT2D eigenvalue weighted by atomic mass is 32.2. The lowest BCUT2D eigenvalue weighted by atomic mass is 10.2.